The Labute approximate surface area is 218 Å². The minimum Gasteiger partial charge on any atom is -0.497 e. The molecule has 10 nitrogen and oxygen atoms in total. The molecule has 2 heterocycles. The number of carbonyl (C=O) groups excluding carboxylic acids is 3. The van der Waals surface area contributed by atoms with Crippen molar-refractivity contribution in [1.29, 1.82) is 0 Å². The van der Waals surface area contributed by atoms with Gasteiger partial charge in [0.15, 0.2) is 5.92 Å². The highest BCUT2D eigenvalue weighted by Gasteiger charge is 2.31. The van der Waals surface area contributed by atoms with Gasteiger partial charge in [-0.15, -0.1) is 0 Å². The zero-order valence-corrected chi connectivity index (χ0v) is 21.7. The Bertz CT molecular complexity index is 916. The molecule has 4 N–H and O–H groups in total. The largest absolute Gasteiger partial charge is 0.497 e. The molecule has 204 valence electrons. The van der Waals surface area contributed by atoms with E-state index in [0.29, 0.717) is 38.3 Å². The van der Waals surface area contributed by atoms with Gasteiger partial charge in [-0.2, -0.15) is 0 Å². The molecule has 10 heteroatoms. The van der Waals surface area contributed by atoms with E-state index in [4.69, 9.17) is 4.74 Å². The number of hydrogen-bond acceptors (Lipinski definition) is 6. The van der Waals surface area contributed by atoms with Crippen molar-refractivity contribution in [2.24, 2.45) is 17.8 Å². The van der Waals surface area contributed by atoms with Crippen molar-refractivity contribution in [2.75, 3.05) is 46.4 Å². The molecule has 0 unspecified atom stereocenters. The summed E-state index contributed by atoms with van der Waals surface area (Å²) in [7, 11) is 1.58. The maximum absolute atomic E-state index is 12.8. The number of ether oxygens (including phenoxy) is 1. The molecular formula is C27H40N4O6. The molecule has 2 fully saturated rings. The summed E-state index contributed by atoms with van der Waals surface area (Å²) in [6, 6.07) is 7.40. The molecule has 2 saturated heterocycles. The van der Waals surface area contributed by atoms with E-state index in [1.165, 1.54) is 0 Å². The number of rotatable bonds is 12. The lowest BCUT2D eigenvalue weighted by Crippen LogP contribution is -2.48. The van der Waals surface area contributed by atoms with Gasteiger partial charge in [0.2, 0.25) is 17.7 Å². The summed E-state index contributed by atoms with van der Waals surface area (Å²) < 4.78 is 5.12. The van der Waals surface area contributed by atoms with Crippen LogP contribution in [0.2, 0.25) is 0 Å². The second kappa shape index (κ2) is 14.6. The second-order valence-electron chi connectivity index (χ2n) is 9.94. The van der Waals surface area contributed by atoms with Crippen LogP contribution in [0.15, 0.2) is 24.3 Å². The molecule has 2 atom stereocenters. The molecular weight excluding hydrogens is 476 g/mol. The number of benzene rings is 1. The van der Waals surface area contributed by atoms with Gasteiger partial charge in [-0.05, 0) is 75.2 Å². The third-order valence-corrected chi connectivity index (χ3v) is 7.34. The van der Waals surface area contributed by atoms with Gasteiger partial charge in [0.1, 0.15) is 5.75 Å². The van der Waals surface area contributed by atoms with E-state index >= 15 is 0 Å². The van der Waals surface area contributed by atoms with Gasteiger partial charge in [0.05, 0.1) is 13.0 Å². The first-order valence-corrected chi connectivity index (χ1v) is 13.3. The number of aliphatic carboxylic acids is 1. The zero-order chi connectivity index (χ0) is 26.6. The number of carbonyl (C=O) groups is 4. The zero-order valence-electron chi connectivity index (χ0n) is 21.7. The molecule has 1 aromatic carbocycles. The van der Waals surface area contributed by atoms with Crippen molar-refractivity contribution in [1.82, 2.24) is 20.9 Å². The number of nitrogens with one attached hydrogen (secondary N) is 3. The maximum atomic E-state index is 12.8. The summed E-state index contributed by atoms with van der Waals surface area (Å²) in [5.74, 6) is -2.64. The Balaban J connectivity index is 1.41. The molecule has 0 aromatic heterocycles. The van der Waals surface area contributed by atoms with Crippen LogP contribution in [0, 0.1) is 17.8 Å². The van der Waals surface area contributed by atoms with Gasteiger partial charge < -0.3 is 30.7 Å². The van der Waals surface area contributed by atoms with Crippen LogP contribution in [0.4, 0.5) is 0 Å². The summed E-state index contributed by atoms with van der Waals surface area (Å²) in [5.41, 5.74) is 0.980. The fourth-order valence-corrected chi connectivity index (χ4v) is 4.96. The summed E-state index contributed by atoms with van der Waals surface area (Å²) in [5, 5.41) is 18.2. The number of piperidine rings is 2. The van der Waals surface area contributed by atoms with Crippen LogP contribution >= 0.6 is 0 Å². The fourth-order valence-electron chi connectivity index (χ4n) is 4.96. The van der Waals surface area contributed by atoms with Crippen molar-refractivity contribution >= 4 is 23.7 Å². The average molecular weight is 517 g/mol. The van der Waals surface area contributed by atoms with Gasteiger partial charge in [-0.3, -0.25) is 19.2 Å². The summed E-state index contributed by atoms with van der Waals surface area (Å²) in [4.78, 5) is 51.5. The van der Waals surface area contributed by atoms with Crippen LogP contribution < -0.4 is 20.7 Å². The van der Waals surface area contributed by atoms with Crippen molar-refractivity contribution in [3.8, 4) is 5.75 Å². The summed E-state index contributed by atoms with van der Waals surface area (Å²) in [6.07, 6.45) is 5.47. The number of nitrogens with zero attached hydrogens (tertiary/aromatic N) is 1. The van der Waals surface area contributed by atoms with Gasteiger partial charge >= 0.3 is 5.97 Å². The third-order valence-electron chi connectivity index (χ3n) is 7.34. The molecule has 3 amide bonds. The lowest BCUT2D eigenvalue weighted by atomic mass is 9.92. The molecule has 2 aliphatic rings. The first-order valence-electron chi connectivity index (χ1n) is 13.3. The smallest absolute Gasteiger partial charge is 0.317 e. The first kappa shape index (κ1) is 28.4. The van der Waals surface area contributed by atoms with Crippen LogP contribution in [0.5, 0.6) is 5.75 Å². The molecule has 0 aliphatic carbocycles. The minimum absolute atomic E-state index is 0.0793. The van der Waals surface area contributed by atoms with Gasteiger partial charge in [0.25, 0.3) is 0 Å². The van der Waals surface area contributed by atoms with E-state index in [2.05, 4.69) is 16.0 Å². The maximum Gasteiger partial charge on any atom is 0.317 e. The van der Waals surface area contributed by atoms with E-state index < -0.39 is 23.7 Å². The molecule has 1 aromatic rings. The van der Waals surface area contributed by atoms with Crippen LogP contribution in [0.25, 0.3) is 0 Å². The van der Waals surface area contributed by atoms with Crippen molar-refractivity contribution in [3.63, 3.8) is 0 Å². The second-order valence-corrected chi connectivity index (χ2v) is 9.94. The van der Waals surface area contributed by atoms with Crippen molar-refractivity contribution in [2.45, 2.75) is 44.9 Å². The van der Waals surface area contributed by atoms with E-state index in [1.807, 2.05) is 24.3 Å². The first-order chi connectivity index (χ1) is 17.9. The van der Waals surface area contributed by atoms with Crippen molar-refractivity contribution in [3.05, 3.63) is 29.8 Å². The van der Waals surface area contributed by atoms with E-state index in [0.717, 1.165) is 50.1 Å². The monoisotopic (exact) mass is 516 g/mol. The highest BCUT2D eigenvalue weighted by molar-refractivity contribution is 5.97. The Kier molecular flexibility index (Phi) is 11.2. The molecule has 0 spiro atoms. The summed E-state index contributed by atoms with van der Waals surface area (Å²) in [6.45, 7) is 2.97. The standard InChI is InChI=1S/C27H40N4O6/c1-37-22-7-4-19(5-8-22)12-15-29-26(34)23(27(35)36)17-30-25(33)21-3-2-16-31(18-21)24(32)9-6-20-10-13-28-14-11-20/h4-5,7-8,20-21,23,28H,2-3,6,9-18H2,1H3,(H,29,34)(H,30,33)(H,35,36)/t21-,23+/m1/s1. The van der Waals surface area contributed by atoms with Gasteiger partial charge in [-0.1, -0.05) is 12.1 Å². The minimum atomic E-state index is -1.38. The highest BCUT2D eigenvalue weighted by Crippen LogP contribution is 2.21. The molecule has 3 rings (SSSR count). The van der Waals surface area contributed by atoms with Gasteiger partial charge in [-0.25, -0.2) is 0 Å². The Morgan fingerprint density at radius 3 is 2.51 bits per heavy atom. The molecule has 0 bridgehead atoms. The Morgan fingerprint density at radius 1 is 1.11 bits per heavy atom. The normalized spacial score (nSPS) is 19.1. The predicted octanol–water partition coefficient (Wildman–Crippen LogP) is 1.19. The molecule has 0 saturated carbocycles. The highest BCUT2D eigenvalue weighted by atomic mass is 16.5. The molecule has 0 radical (unpaired) electrons. The molecule has 2 aliphatic heterocycles. The number of methoxy groups -OCH3 is 1. The summed E-state index contributed by atoms with van der Waals surface area (Å²) >= 11 is 0. The van der Waals surface area contributed by atoms with Crippen molar-refractivity contribution < 1.29 is 29.0 Å². The van der Waals surface area contributed by atoms with Gasteiger partial charge in [0, 0.05) is 32.6 Å². The Morgan fingerprint density at radius 2 is 1.84 bits per heavy atom. The number of carboxylic acid groups (broad SMARTS) is 1. The van der Waals surface area contributed by atoms with Crippen LogP contribution in [-0.4, -0.2) is 80.1 Å². The van der Waals surface area contributed by atoms with E-state index in [1.54, 1.807) is 12.0 Å². The van der Waals surface area contributed by atoms with Crippen LogP contribution in [-0.2, 0) is 25.6 Å². The van der Waals surface area contributed by atoms with E-state index in [9.17, 15) is 24.3 Å². The predicted molar refractivity (Wildman–Crippen MR) is 138 cm³/mol. The number of amides is 3. The Hall–Kier alpha value is -3.14. The molecule has 37 heavy (non-hydrogen) atoms. The van der Waals surface area contributed by atoms with Crippen LogP contribution in [0.1, 0.15) is 44.1 Å². The number of carboxylic acids is 1. The topological polar surface area (TPSA) is 137 Å². The average Bonchev–Trinajstić information content (AvgIpc) is 2.92. The fraction of sp³-hybridized carbons (Fsp3) is 0.630. The van der Waals surface area contributed by atoms with Crippen LogP contribution in [0.3, 0.4) is 0 Å². The number of likely N-dealkylation sites (tertiary alicyclic amines) is 1. The lowest BCUT2D eigenvalue weighted by molar-refractivity contribution is -0.146. The van der Waals surface area contributed by atoms with E-state index in [-0.39, 0.29) is 24.9 Å². The lowest BCUT2D eigenvalue weighted by Gasteiger charge is -2.33. The third kappa shape index (κ3) is 9.03. The SMILES string of the molecule is COc1ccc(CCNC(=O)[C@H](CNC(=O)[C@@H]2CCCN(C(=O)CCC3CCNCC3)C2)C(=O)O)cc1. The quantitative estimate of drug-likeness (QED) is 0.306. The number of hydrogen-bond donors (Lipinski definition) is 4.